The summed E-state index contributed by atoms with van der Waals surface area (Å²) in [6.07, 6.45) is 1.87. The molecule has 0 saturated heterocycles. The van der Waals surface area contributed by atoms with E-state index in [9.17, 15) is 0 Å². The Balaban J connectivity index is 3.30. The van der Waals surface area contributed by atoms with Crippen molar-refractivity contribution in [3.8, 4) is 0 Å². The Bertz CT molecular complexity index is 525. The monoisotopic (exact) mass is 412 g/mol. The first kappa shape index (κ1) is 22.7. The third-order valence-corrected chi connectivity index (χ3v) is 14.9. The molecule has 1 aromatic rings. The van der Waals surface area contributed by atoms with E-state index in [0.717, 1.165) is 11.6 Å². The number of benzene rings is 1. The highest BCUT2D eigenvalue weighted by Gasteiger charge is 2.50. The van der Waals surface area contributed by atoms with Crippen LogP contribution in [0.1, 0.15) is 11.1 Å². The second-order valence-electron chi connectivity index (χ2n) is 9.45. The van der Waals surface area contributed by atoms with Gasteiger partial charge >= 0.3 is 8.80 Å². The van der Waals surface area contributed by atoms with Gasteiger partial charge in [-0.05, 0) is 70.1 Å². The van der Waals surface area contributed by atoms with Crippen LogP contribution in [-0.2, 0) is 18.4 Å². The van der Waals surface area contributed by atoms with Crippen molar-refractivity contribution in [2.24, 2.45) is 0 Å². The summed E-state index contributed by atoms with van der Waals surface area (Å²) in [7, 11) is -8.28. The van der Waals surface area contributed by atoms with Gasteiger partial charge in [0.1, 0.15) is 0 Å². The van der Waals surface area contributed by atoms with Gasteiger partial charge in [-0.15, -0.1) is 0 Å². The lowest BCUT2D eigenvalue weighted by Crippen LogP contribution is -2.62. The maximum atomic E-state index is 6.72. The zero-order chi connectivity index (χ0) is 19.5. The summed E-state index contributed by atoms with van der Waals surface area (Å²) in [6.45, 7) is 23.8. The molecule has 0 aliphatic rings. The van der Waals surface area contributed by atoms with Crippen molar-refractivity contribution < 1.29 is 12.3 Å². The number of hydrogen-bond donors (Lipinski definition) is 0. The molecule has 0 saturated carbocycles. The van der Waals surface area contributed by atoms with Crippen molar-refractivity contribution in [2.45, 2.75) is 65.0 Å². The molecule has 7 heteroatoms. The van der Waals surface area contributed by atoms with Gasteiger partial charge in [0, 0.05) is 6.04 Å². The van der Waals surface area contributed by atoms with E-state index >= 15 is 0 Å². The van der Waals surface area contributed by atoms with E-state index in [1.165, 1.54) is 5.56 Å². The van der Waals surface area contributed by atoms with Gasteiger partial charge in [-0.1, -0.05) is 36.9 Å². The summed E-state index contributed by atoms with van der Waals surface area (Å²) in [5.74, 6) is 0. The fraction of sp³-hybridized carbons (Fsp3) is 0.556. The first-order valence-corrected chi connectivity index (χ1v) is 21.1. The predicted molar refractivity (Wildman–Crippen MR) is 119 cm³/mol. The molecule has 0 radical (unpaired) electrons. The van der Waals surface area contributed by atoms with Crippen molar-refractivity contribution in [3.63, 3.8) is 0 Å². The molecule has 0 fully saturated rings. The van der Waals surface area contributed by atoms with Crippen LogP contribution in [0.2, 0.25) is 58.9 Å². The molecule has 142 valence electrons. The number of rotatable bonds is 9. The van der Waals surface area contributed by atoms with Crippen LogP contribution in [0.5, 0.6) is 0 Å². The van der Waals surface area contributed by atoms with E-state index in [-0.39, 0.29) is 0 Å². The molecule has 0 bridgehead atoms. The van der Waals surface area contributed by atoms with E-state index in [0.29, 0.717) is 0 Å². The first-order valence-electron chi connectivity index (χ1n) is 8.95. The van der Waals surface area contributed by atoms with E-state index in [2.05, 4.69) is 89.8 Å². The average molecular weight is 413 g/mol. The Morgan fingerprint density at radius 3 is 1.36 bits per heavy atom. The highest BCUT2D eigenvalue weighted by Crippen LogP contribution is 2.28. The van der Waals surface area contributed by atoms with Crippen LogP contribution in [0.3, 0.4) is 0 Å². The summed E-state index contributed by atoms with van der Waals surface area (Å²) in [5, 5.41) is 0. The quantitative estimate of drug-likeness (QED) is 0.472. The minimum absolute atomic E-state index is 0.739. The summed E-state index contributed by atoms with van der Waals surface area (Å²) >= 11 is 0. The minimum atomic E-state index is -2.81. The van der Waals surface area contributed by atoms with Crippen molar-refractivity contribution in [1.29, 1.82) is 0 Å². The summed E-state index contributed by atoms with van der Waals surface area (Å²) in [6, 6.07) is 9.22. The van der Waals surface area contributed by atoms with Crippen molar-refractivity contribution in [1.82, 2.24) is 0 Å². The van der Waals surface area contributed by atoms with Crippen LogP contribution in [0, 0.1) is 0 Å². The van der Waals surface area contributed by atoms with Gasteiger partial charge in [-0.3, -0.25) is 0 Å². The zero-order valence-electron chi connectivity index (χ0n) is 17.5. The largest absolute Gasteiger partial charge is 0.474 e. The Kier molecular flexibility index (Phi) is 7.42. The van der Waals surface area contributed by atoms with Crippen LogP contribution in [0.15, 0.2) is 30.8 Å². The molecule has 0 spiro atoms. The summed E-state index contributed by atoms with van der Waals surface area (Å²) < 4.78 is 20.2. The van der Waals surface area contributed by atoms with Gasteiger partial charge in [0.05, 0.1) is 0 Å². The molecular formula is C18H36O3Si4. The average Bonchev–Trinajstić information content (AvgIpc) is 2.32. The van der Waals surface area contributed by atoms with Crippen LogP contribution in [0.25, 0.3) is 6.08 Å². The van der Waals surface area contributed by atoms with Crippen LogP contribution in [-0.4, -0.2) is 33.8 Å². The molecule has 3 nitrogen and oxygen atoms in total. The van der Waals surface area contributed by atoms with Crippen molar-refractivity contribution in [3.05, 3.63) is 42.0 Å². The third kappa shape index (κ3) is 9.27. The predicted octanol–water partition coefficient (Wildman–Crippen LogP) is 5.90. The minimum Gasteiger partial charge on any atom is -0.417 e. The molecule has 1 rings (SSSR count). The number of hydrogen-bond acceptors (Lipinski definition) is 3. The lowest BCUT2D eigenvalue weighted by Gasteiger charge is -2.43. The lowest BCUT2D eigenvalue weighted by atomic mass is 10.1. The fourth-order valence-corrected chi connectivity index (χ4v) is 17.0. The normalized spacial score (nSPS) is 13.8. The highest BCUT2D eigenvalue weighted by atomic mass is 28.5. The molecule has 0 N–H and O–H groups in total. The third-order valence-electron chi connectivity index (χ3n) is 3.02. The van der Waals surface area contributed by atoms with Crippen molar-refractivity contribution >= 4 is 39.8 Å². The van der Waals surface area contributed by atoms with Gasteiger partial charge < -0.3 is 12.3 Å². The molecule has 1 aromatic carbocycles. The van der Waals surface area contributed by atoms with Gasteiger partial charge in [0.25, 0.3) is 0 Å². The molecule has 0 aliphatic heterocycles. The smallest absolute Gasteiger partial charge is 0.417 e. The summed E-state index contributed by atoms with van der Waals surface area (Å²) in [5.41, 5.74) is 2.34. The second kappa shape index (κ2) is 8.16. The topological polar surface area (TPSA) is 27.7 Å². The molecule has 0 aromatic heterocycles. The standard InChI is InChI=1S/C18H36O3Si4/c1-11-17-12-14-18(15-13-17)16-25(19-22(2,3)4,20-23(5,6)7)21-24(8,9)10/h11-15H,1,16H2,2-10H3. The molecular weight excluding hydrogens is 377 g/mol. The van der Waals surface area contributed by atoms with E-state index in [4.69, 9.17) is 12.3 Å². The molecule has 0 atom stereocenters. The molecule has 25 heavy (non-hydrogen) atoms. The van der Waals surface area contributed by atoms with Gasteiger partial charge in [0.15, 0.2) is 25.0 Å². The second-order valence-corrected chi connectivity index (χ2v) is 26.3. The molecule has 0 unspecified atom stereocenters. The molecule has 0 heterocycles. The first-order chi connectivity index (χ1) is 11.1. The Hall–Kier alpha value is -0.292. The molecule has 0 amide bonds. The maximum absolute atomic E-state index is 6.72. The highest BCUT2D eigenvalue weighted by molar-refractivity contribution is 6.89. The SMILES string of the molecule is C=Cc1ccc(C[Si](O[Si](C)(C)C)(O[Si](C)(C)C)O[Si](C)(C)C)cc1. The fourth-order valence-electron chi connectivity index (χ4n) is 2.59. The Morgan fingerprint density at radius 1 is 0.720 bits per heavy atom. The van der Waals surface area contributed by atoms with Crippen LogP contribution < -0.4 is 0 Å². The van der Waals surface area contributed by atoms with E-state index in [1.54, 1.807) is 0 Å². The van der Waals surface area contributed by atoms with Crippen LogP contribution in [0.4, 0.5) is 0 Å². The zero-order valence-corrected chi connectivity index (χ0v) is 21.5. The Labute approximate surface area is 159 Å². The Morgan fingerprint density at radius 2 is 1.08 bits per heavy atom. The van der Waals surface area contributed by atoms with Crippen molar-refractivity contribution in [2.75, 3.05) is 0 Å². The molecule has 0 aliphatic carbocycles. The van der Waals surface area contributed by atoms with E-state index in [1.807, 2.05) is 6.08 Å². The van der Waals surface area contributed by atoms with Gasteiger partial charge in [0.2, 0.25) is 0 Å². The van der Waals surface area contributed by atoms with E-state index < -0.39 is 33.8 Å². The van der Waals surface area contributed by atoms with Gasteiger partial charge in [-0.2, -0.15) is 0 Å². The maximum Gasteiger partial charge on any atom is 0.474 e. The van der Waals surface area contributed by atoms with Gasteiger partial charge in [-0.25, -0.2) is 0 Å². The van der Waals surface area contributed by atoms with Crippen LogP contribution >= 0.6 is 0 Å². The summed E-state index contributed by atoms with van der Waals surface area (Å²) in [4.78, 5) is 0. The lowest BCUT2D eigenvalue weighted by molar-refractivity contribution is 0.251.